The summed E-state index contributed by atoms with van der Waals surface area (Å²) < 4.78 is 22.6. The van der Waals surface area contributed by atoms with Gasteiger partial charge in [0.15, 0.2) is 11.5 Å². The Bertz CT molecular complexity index is 1130. The third kappa shape index (κ3) is 8.26. The number of para-hydroxylation sites is 2. The summed E-state index contributed by atoms with van der Waals surface area (Å²) in [6.45, 7) is 12.6. The van der Waals surface area contributed by atoms with E-state index in [9.17, 15) is 9.59 Å². The van der Waals surface area contributed by atoms with Gasteiger partial charge in [-0.25, -0.2) is 4.79 Å². The molecule has 1 unspecified atom stereocenters. The number of anilines is 1. The number of fused-ring (bicyclic) bond motifs is 1. The number of methoxy groups -OCH3 is 1. The van der Waals surface area contributed by atoms with E-state index in [0.29, 0.717) is 49.8 Å². The number of ether oxygens (including phenoxy) is 4. The topological polar surface area (TPSA) is 104 Å². The average molecular weight is 542 g/mol. The molecule has 0 saturated heterocycles. The lowest BCUT2D eigenvalue weighted by molar-refractivity contribution is 0.0148. The quantitative estimate of drug-likeness (QED) is 0.400. The number of benzene rings is 2. The molecule has 0 spiro atoms. The fraction of sp³-hybridized carbons (Fsp3) is 0.533. The van der Waals surface area contributed by atoms with Crippen LogP contribution in [0.2, 0.25) is 0 Å². The fourth-order valence-corrected chi connectivity index (χ4v) is 4.78. The molecule has 2 aromatic carbocycles. The number of amides is 2. The van der Waals surface area contributed by atoms with Crippen LogP contribution >= 0.6 is 0 Å². The van der Waals surface area contributed by atoms with E-state index in [1.54, 1.807) is 12.0 Å². The first-order valence-corrected chi connectivity index (χ1v) is 13.6. The average Bonchev–Trinajstić information content (AvgIpc) is 3.27. The number of nitrogens with zero attached hydrogens (tertiary/aromatic N) is 2. The molecule has 0 aromatic heterocycles. The van der Waals surface area contributed by atoms with Crippen molar-refractivity contribution in [2.24, 2.45) is 5.73 Å². The lowest BCUT2D eigenvalue weighted by Gasteiger charge is -2.32. The molecule has 0 fully saturated rings. The highest BCUT2D eigenvalue weighted by Crippen LogP contribution is 2.34. The minimum Gasteiger partial charge on any atom is -0.490 e. The van der Waals surface area contributed by atoms with Crippen LogP contribution in [0.4, 0.5) is 10.5 Å². The van der Waals surface area contributed by atoms with Gasteiger partial charge in [0.05, 0.1) is 31.0 Å². The van der Waals surface area contributed by atoms with Gasteiger partial charge in [0.1, 0.15) is 12.2 Å². The van der Waals surface area contributed by atoms with E-state index in [1.165, 1.54) is 0 Å². The van der Waals surface area contributed by atoms with Crippen molar-refractivity contribution in [1.29, 1.82) is 0 Å². The molecule has 2 aromatic rings. The maximum Gasteiger partial charge on any atom is 0.410 e. The summed E-state index contributed by atoms with van der Waals surface area (Å²) in [4.78, 5) is 29.5. The Morgan fingerprint density at radius 2 is 1.79 bits per heavy atom. The van der Waals surface area contributed by atoms with Crippen LogP contribution in [0.25, 0.3) is 0 Å². The smallest absolute Gasteiger partial charge is 0.410 e. The van der Waals surface area contributed by atoms with Crippen LogP contribution < -0.4 is 20.1 Å². The highest BCUT2D eigenvalue weighted by molar-refractivity contribution is 6.00. The lowest BCUT2D eigenvalue weighted by Crippen LogP contribution is -2.45. The van der Waals surface area contributed by atoms with E-state index < -0.39 is 17.6 Å². The monoisotopic (exact) mass is 541 g/mol. The maximum absolute atomic E-state index is 13.2. The van der Waals surface area contributed by atoms with Crippen molar-refractivity contribution in [2.45, 2.75) is 59.1 Å². The van der Waals surface area contributed by atoms with E-state index in [4.69, 9.17) is 24.7 Å². The van der Waals surface area contributed by atoms with Gasteiger partial charge in [-0.1, -0.05) is 18.2 Å². The van der Waals surface area contributed by atoms with E-state index in [2.05, 4.69) is 11.0 Å². The molecular formula is C30H43N3O6. The van der Waals surface area contributed by atoms with E-state index in [-0.39, 0.29) is 12.6 Å². The standard InChI is InChI=1S/C30H43N3O6/c1-7-37-25-10-8-9-11-26(25)38-17-15-33(29(35)39-30(3,4)5)21(2)18-22-19-23-12-13-32(14-16-36-6)27(23)24(20-22)28(31)34/h8-11,19-21H,7,12-18H2,1-6H3,(H2,31,34). The molecule has 0 bridgehead atoms. The molecule has 1 aliphatic heterocycles. The van der Waals surface area contributed by atoms with Crippen LogP contribution in [0.5, 0.6) is 11.5 Å². The van der Waals surface area contributed by atoms with Crippen LogP contribution in [-0.2, 0) is 22.3 Å². The first-order valence-electron chi connectivity index (χ1n) is 13.6. The molecule has 0 aliphatic carbocycles. The van der Waals surface area contributed by atoms with Crippen LogP contribution in [0.3, 0.4) is 0 Å². The highest BCUT2D eigenvalue weighted by Gasteiger charge is 2.29. The summed E-state index contributed by atoms with van der Waals surface area (Å²) in [6.07, 6.45) is 0.934. The molecular weight excluding hydrogens is 498 g/mol. The van der Waals surface area contributed by atoms with E-state index >= 15 is 0 Å². The van der Waals surface area contributed by atoms with Gasteiger partial charge in [0, 0.05) is 26.2 Å². The number of nitrogens with two attached hydrogens (primary N) is 1. The van der Waals surface area contributed by atoms with Gasteiger partial charge in [-0.05, 0) is 76.8 Å². The van der Waals surface area contributed by atoms with E-state index in [1.807, 2.05) is 65.0 Å². The zero-order valence-electron chi connectivity index (χ0n) is 24.1. The second-order valence-corrected chi connectivity index (χ2v) is 10.7. The summed E-state index contributed by atoms with van der Waals surface area (Å²) in [7, 11) is 1.66. The predicted octanol–water partition coefficient (Wildman–Crippen LogP) is 4.44. The SMILES string of the molecule is CCOc1ccccc1OCCN(C(=O)OC(C)(C)C)C(C)Cc1cc2c(c(C(N)=O)c1)N(CCOC)CC2. The lowest BCUT2D eigenvalue weighted by atomic mass is 9.97. The Kier molecular flexibility index (Phi) is 10.5. The van der Waals surface area contributed by atoms with Crippen LogP contribution in [0.1, 0.15) is 56.1 Å². The summed E-state index contributed by atoms with van der Waals surface area (Å²) in [5.41, 5.74) is 8.58. The Labute approximate surface area is 232 Å². The number of carbonyl (C=O) groups is 2. The van der Waals surface area contributed by atoms with Gasteiger partial charge in [0.2, 0.25) is 0 Å². The van der Waals surface area contributed by atoms with Gasteiger partial charge < -0.3 is 34.5 Å². The van der Waals surface area contributed by atoms with Crippen molar-refractivity contribution in [3.63, 3.8) is 0 Å². The molecule has 2 N–H and O–H groups in total. The van der Waals surface area contributed by atoms with Gasteiger partial charge >= 0.3 is 6.09 Å². The first kappa shape index (κ1) is 30.1. The van der Waals surface area contributed by atoms with Gasteiger partial charge in [-0.15, -0.1) is 0 Å². The van der Waals surface area contributed by atoms with Crippen LogP contribution in [0.15, 0.2) is 36.4 Å². The minimum atomic E-state index is -0.643. The number of hydrogen-bond donors (Lipinski definition) is 1. The number of carbonyl (C=O) groups excluding carboxylic acids is 2. The molecule has 214 valence electrons. The van der Waals surface area contributed by atoms with Gasteiger partial charge in [-0.3, -0.25) is 4.79 Å². The van der Waals surface area contributed by atoms with Gasteiger partial charge in [-0.2, -0.15) is 0 Å². The van der Waals surface area contributed by atoms with Crippen molar-refractivity contribution in [2.75, 3.05) is 51.5 Å². The van der Waals surface area contributed by atoms with E-state index in [0.717, 1.165) is 29.8 Å². The van der Waals surface area contributed by atoms with Crippen molar-refractivity contribution < 1.29 is 28.5 Å². The molecule has 0 saturated carbocycles. The third-order valence-electron chi connectivity index (χ3n) is 6.48. The molecule has 9 heteroatoms. The molecule has 1 aliphatic rings. The number of hydrogen-bond acceptors (Lipinski definition) is 7. The summed E-state index contributed by atoms with van der Waals surface area (Å²) in [6, 6.07) is 11.2. The van der Waals surface area contributed by atoms with Crippen molar-refractivity contribution in [3.05, 3.63) is 53.1 Å². The normalized spacial score (nSPS) is 13.5. The molecule has 39 heavy (non-hydrogen) atoms. The van der Waals surface area contributed by atoms with Gasteiger partial charge in [0.25, 0.3) is 5.91 Å². The Morgan fingerprint density at radius 1 is 1.10 bits per heavy atom. The Balaban J connectivity index is 1.79. The Hall–Kier alpha value is -3.46. The summed E-state index contributed by atoms with van der Waals surface area (Å²) >= 11 is 0. The number of rotatable bonds is 13. The van der Waals surface area contributed by atoms with Crippen LogP contribution in [0, 0.1) is 0 Å². The van der Waals surface area contributed by atoms with Crippen molar-refractivity contribution in [3.8, 4) is 11.5 Å². The minimum absolute atomic E-state index is 0.227. The zero-order chi connectivity index (χ0) is 28.6. The Morgan fingerprint density at radius 3 is 2.41 bits per heavy atom. The molecule has 9 nitrogen and oxygen atoms in total. The molecule has 3 rings (SSSR count). The van der Waals surface area contributed by atoms with Crippen LogP contribution in [-0.4, -0.2) is 75.1 Å². The van der Waals surface area contributed by atoms with Crippen molar-refractivity contribution in [1.82, 2.24) is 4.90 Å². The molecule has 1 atom stereocenters. The summed E-state index contributed by atoms with van der Waals surface area (Å²) in [5, 5.41) is 0. The molecule has 2 amide bonds. The second-order valence-electron chi connectivity index (χ2n) is 10.7. The third-order valence-corrected chi connectivity index (χ3v) is 6.48. The first-order chi connectivity index (χ1) is 18.5. The fourth-order valence-electron chi connectivity index (χ4n) is 4.78. The number of primary amides is 1. The predicted molar refractivity (Wildman–Crippen MR) is 152 cm³/mol. The summed E-state index contributed by atoms with van der Waals surface area (Å²) in [5.74, 6) is 0.822. The largest absolute Gasteiger partial charge is 0.490 e. The zero-order valence-corrected chi connectivity index (χ0v) is 24.1. The molecule has 0 radical (unpaired) electrons. The molecule has 1 heterocycles. The highest BCUT2D eigenvalue weighted by atomic mass is 16.6. The van der Waals surface area contributed by atoms with Crippen molar-refractivity contribution >= 4 is 17.7 Å². The second kappa shape index (κ2) is 13.6. The maximum atomic E-state index is 13.2.